The number of nitrogens with one attached hydrogen (secondary N) is 1. The van der Waals surface area contributed by atoms with E-state index in [0.29, 0.717) is 18.4 Å². The molecular weight excluding hydrogens is 448 g/mol. The monoisotopic (exact) mass is 476 g/mol. The predicted octanol–water partition coefficient (Wildman–Crippen LogP) is 6.11. The SMILES string of the molecule is CC1(C)C(=O)N(C2CCc3cccc(OCc4ccccc4)c32)c2nc(Nc3ccccc3)ncc21. The molecule has 0 bridgehead atoms. The Balaban J connectivity index is 1.37. The average molecular weight is 477 g/mol. The molecule has 6 nitrogen and oxygen atoms in total. The number of aryl methyl sites for hydroxylation is 1. The number of carbonyl (C=O) groups is 1. The maximum atomic E-state index is 13.8. The number of hydrogen-bond donors (Lipinski definition) is 1. The van der Waals surface area contributed by atoms with E-state index >= 15 is 0 Å². The Morgan fingerprint density at radius 3 is 2.53 bits per heavy atom. The third-order valence-corrected chi connectivity index (χ3v) is 7.18. The molecule has 4 aromatic rings. The van der Waals surface area contributed by atoms with Crippen LogP contribution in [0.2, 0.25) is 0 Å². The van der Waals surface area contributed by atoms with Crippen LogP contribution < -0.4 is 15.0 Å². The fourth-order valence-corrected chi connectivity index (χ4v) is 5.25. The van der Waals surface area contributed by atoms with Crippen LogP contribution in [0.4, 0.5) is 17.5 Å². The minimum atomic E-state index is -0.705. The average Bonchev–Trinajstić information content (AvgIpc) is 3.40. The molecule has 1 atom stereocenters. The lowest BCUT2D eigenvalue weighted by atomic mass is 9.88. The summed E-state index contributed by atoms with van der Waals surface area (Å²) in [5.74, 6) is 2.02. The topological polar surface area (TPSA) is 67.4 Å². The van der Waals surface area contributed by atoms with E-state index in [-0.39, 0.29) is 11.9 Å². The van der Waals surface area contributed by atoms with Gasteiger partial charge in [-0.15, -0.1) is 0 Å². The second-order valence-corrected chi connectivity index (χ2v) is 9.88. The van der Waals surface area contributed by atoms with Crippen LogP contribution in [0.25, 0.3) is 0 Å². The molecule has 0 spiro atoms. The first-order chi connectivity index (χ1) is 17.5. The van der Waals surface area contributed by atoms with Gasteiger partial charge in [-0.25, -0.2) is 4.98 Å². The summed E-state index contributed by atoms with van der Waals surface area (Å²) in [6.45, 7) is 4.39. The Morgan fingerprint density at radius 1 is 1.00 bits per heavy atom. The fourth-order valence-electron chi connectivity index (χ4n) is 5.25. The molecule has 3 aromatic carbocycles. The lowest BCUT2D eigenvalue weighted by molar-refractivity contribution is -0.122. The Labute approximate surface area is 211 Å². The van der Waals surface area contributed by atoms with E-state index in [9.17, 15) is 4.79 Å². The molecule has 6 rings (SSSR count). The van der Waals surface area contributed by atoms with E-state index in [1.807, 2.05) is 79.4 Å². The maximum absolute atomic E-state index is 13.8. The molecule has 0 radical (unpaired) electrons. The Bertz CT molecular complexity index is 1420. The third-order valence-electron chi connectivity index (χ3n) is 7.18. The molecule has 1 aromatic heterocycles. The summed E-state index contributed by atoms with van der Waals surface area (Å²) >= 11 is 0. The quantitative estimate of drug-likeness (QED) is 0.364. The number of anilines is 3. The number of amides is 1. The van der Waals surface area contributed by atoms with Crippen molar-refractivity contribution in [3.05, 3.63) is 107 Å². The fraction of sp³-hybridized carbons (Fsp3) is 0.233. The van der Waals surface area contributed by atoms with Crippen LogP contribution in [-0.4, -0.2) is 15.9 Å². The highest BCUT2D eigenvalue weighted by Crippen LogP contribution is 2.50. The van der Waals surface area contributed by atoms with Crippen molar-refractivity contribution in [2.75, 3.05) is 10.2 Å². The molecule has 2 aliphatic rings. The summed E-state index contributed by atoms with van der Waals surface area (Å²) in [7, 11) is 0. The number of benzene rings is 3. The molecule has 0 saturated heterocycles. The molecule has 1 aliphatic heterocycles. The van der Waals surface area contributed by atoms with Gasteiger partial charge >= 0.3 is 0 Å². The van der Waals surface area contributed by atoms with E-state index < -0.39 is 5.41 Å². The number of aromatic nitrogens is 2. The molecule has 1 unspecified atom stereocenters. The van der Waals surface area contributed by atoms with Crippen molar-refractivity contribution in [3.8, 4) is 5.75 Å². The summed E-state index contributed by atoms with van der Waals surface area (Å²) in [5.41, 5.74) is 4.46. The number of hydrogen-bond acceptors (Lipinski definition) is 5. The summed E-state index contributed by atoms with van der Waals surface area (Å²) in [6, 6.07) is 26.0. The van der Waals surface area contributed by atoms with E-state index in [4.69, 9.17) is 9.72 Å². The van der Waals surface area contributed by atoms with Gasteiger partial charge in [-0.3, -0.25) is 9.69 Å². The van der Waals surface area contributed by atoms with E-state index in [2.05, 4.69) is 28.5 Å². The maximum Gasteiger partial charge on any atom is 0.239 e. The molecule has 1 aliphatic carbocycles. The van der Waals surface area contributed by atoms with Gasteiger partial charge < -0.3 is 10.1 Å². The molecule has 36 heavy (non-hydrogen) atoms. The Kier molecular flexibility index (Phi) is 5.44. The zero-order chi connectivity index (χ0) is 24.7. The lowest BCUT2D eigenvalue weighted by Gasteiger charge is -2.28. The first kappa shape index (κ1) is 22.3. The van der Waals surface area contributed by atoms with Crippen LogP contribution in [0.5, 0.6) is 5.75 Å². The molecule has 6 heteroatoms. The number of fused-ring (bicyclic) bond motifs is 2. The Hall–Kier alpha value is -4.19. The summed E-state index contributed by atoms with van der Waals surface area (Å²) in [4.78, 5) is 25.1. The van der Waals surface area contributed by atoms with Gasteiger partial charge in [0.2, 0.25) is 11.9 Å². The van der Waals surface area contributed by atoms with Crippen molar-refractivity contribution in [1.29, 1.82) is 0 Å². The number of carbonyl (C=O) groups excluding carboxylic acids is 1. The molecule has 1 amide bonds. The highest BCUT2D eigenvalue weighted by atomic mass is 16.5. The van der Waals surface area contributed by atoms with Crippen LogP contribution in [0.1, 0.15) is 48.6 Å². The molecule has 0 saturated carbocycles. The van der Waals surface area contributed by atoms with Gasteiger partial charge in [0.05, 0.1) is 11.5 Å². The smallest absolute Gasteiger partial charge is 0.239 e. The standard InChI is InChI=1S/C30H28N4O2/c1-30(2)23-18-31-29(32-22-13-7-4-8-14-22)33-27(23)34(28(30)35)24-17-16-21-12-9-15-25(26(21)24)36-19-20-10-5-3-6-11-20/h3-15,18,24H,16-17,19H2,1-2H3,(H,31,32,33). The Morgan fingerprint density at radius 2 is 1.75 bits per heavy atom. The van der Waals surface area contributed by atoms with Crippen molar-refractivity contribution >= 4 is 23.4 Å². The normalized spacial score (nSPS) is 17.6. The molecule has 1 N–H and O–H groups in total. The van der Waals surface area contributed by atoms with E-state index in [0.717, 1.165) is 41.0 Å². The highest BCUT2D eigenvalue weighted by Gasteiger charge is 2.50. The van der Waals surface area contributed by atoms with Gasteiger partial charge in [-0.2, -0.15) is 4.98 Å². The van der Waals surface area contributed by atoms with Crippen molar-refractivity contribution < 1.29 is 9.53 Å². The van der Waals surface area contributed by atoms with Crippen LogP contribution in [0, 0.1) is 0 Å². The second-order valence-electron chi connectivity index (χ2n) is 9.88. The molecular formula is C30H28N4O2. The summed E-state index contributed by atoms with van der Waals surface area (Å²) in [6.07, 6.45) is 3.51. The van der Waals surface area contributed by atoms with Crippen molar-refractivity contribution in [2.24, 2.45) is 0 Å². The summed E-state index contributed by atoms with van der Waals surface area (Å²) in [5, 5.41) is 3.27. The molecule has 2 heterocycles. The first-order valence-electron chi connectivity index (χ1n) is 12.3. The van der Waals surface area contributed by atoms with Crippen LogP contribution in [0.3, 0.4) is 0 Å². The van der Waals surface area contributed by atoms with Gasteiger partial charge in [0, 0.05) is 23.0 Å². The van der Waals surface area contributed by atoms with Crippen LogP contribution >= 0.6 is 0 Å². The second kappa shape index (κ2) is 8.79. The first-order valence-corrected chi connectivity index (χ1v) is 12.3. The predicted molar refractivity (Wildman–Crippen MR) is 141 cm³/mol. The number of para-hydroxylation sites is 1. The largest absolute Gasteiger partial charge is 0.489 e. The van der Waals surface area contributed by atoms with Gasteiger partial charge in [0.25, 0.3) is 0 Å². The number of rotatable bonds is 6. The zero-order valence-corrected chi connectivity index (χ0v) is 20.4. The van der Waals surface area contributed by atoms with E-state index in [1.165, 1.54) is 5.56 Å². The third kappa shape index (κ3) is 3.79. The number of ether oxygens (including phenoxy) is 1. The highest BCUT2D eigenvalue weighted by molar-refractivity contribution is 6.07. The minimum Gasteiger partial charge on any atom is -0.489 e. The van der Waals surface area contributed by atoms with Crippen molar-refractivity contribution in [3.63, 3.8) is 0 Å². The summed E-state index contributed by atoms with van der Waals surface area (Å²) < 4.78 is 6.32. The van der Waals surface area contributed by atoms with E-state index in [1.54, 1.807) is 6.20 Å². The van der Waals surface area contributed by atoms with Crippen molar-refractivity contribution in [1.82, 2.24) is 9.97 Å². The van der Waals surface area contributed by atoms with Gasteiger partial charge in [-0.1, -0.05) is 60.7 Å². The van der Waals surface area contributed by atoms with Crippen LogP contribution in [-0.2, 0) is 23.2 Å². The molecule has 180 valence electrons. The van der Waals surface area contributed by atoms with Gasteiger partial charge in [-0.05, 0) is 56.0 Å². The zero-order valence-electron chi connectivity index (χ0n) is 20.4. The minimum absolute atomic E-state index is 0.0411. The van der Waals surface area contributed by atoms with Crippen molar-refractivity contribution in [2.45, 2.75) is 44.8 Å². The van der Waals surface area contributed by atoms with Gasteiger partial charge in [0.1, 0.15) is 18.2 Å². The van der Waals surface area contributed by atoms with Gasteiger partial charge in [0.15, 0.2) is 0 Å². The number of nitrogens with zero attached hydrogens (tertiary/aromatic N) is 3. The lowest BCUT2D eigenvalue weighted by Crippen LogP contribution is -2.38. The van der Waals surface area contributed by atoms with Crippen LogP contribution in [0.15, 0.2) is 85.1 Å². The molecule has 0 fully saturated rings.